The molecular formula is C11H6ClN3O5. The van der Waals surface area contributed by atoms with Crippen molar-refractivity contribution in [2.75, 3.05) is 0 Å². The number of hydrogen-bond donors (Lipinski definition) is 1. The summed E-state index contributed by atoms with van der Waals surface area (Å²) >= 11 is 5.72. The summed E-state index contributed by atoms with van der Waals surface area (Å²) in [5, 5.41) is 19.3. The summed E-state index contributed by atoms with van der Waals surface area (Å²) in [6, 6.07) is 3.72. The maximum Gasteiger partial charge on any atom is 0.356 e. The van der Waals surface area contributed by atoms with Gasteiger partial charge in [-0.25, -0.2) is 9.78 Å². The number of nitro benzene ring substituents is 1. The van der Waals surface area contributed by atoms with Crippen LogP contribution in [0, 0.1) is 10.1 Å². The summed E-state index contributed by atoms with van der Waals surface area (Å²) < 4.78 is 5.24. The topological polar surface area (TPSA) is 115 Å². The second kappa shape index (κ2) is 5.49. The van der Waals surface area contributed by atoms with Gasteiger partial charge in [-0.15, -0.1) is 0 Å². The van der Waals surface area contributed by atoms with Crippen LogP contribution < -0.4 is 4.74 Å². The lowest BCUT2D eigenvalue weighted by molar-refractivity contribution is -0.384. The summed E-state index contributed by atoms with van der Waals surface area (Å²) in [5.74, 6) is -1.13. The Morgan fingerprint density at radius 2 is 2.15 bits per heavy atom. The number of rotatable bonds is 4. The average molecular weight is 296 g/mol. The number of carboxylic acids is 1. The Morgan fingerprint density at radius 3 is 2.75 bits per heavy atom. The second-order valence-corrected chi connectivity index (χ2v) is 3.93. The number of halogens is 1. The fourth-order valence-corrected chi connectivity index (χ4v) is 1.56. The number of hydrogen-bond acceptors (Lipinski definition) is 6. The summed E-state index contributed by atoms with van der Waals surface area (Å²) in [4.78, 5) is 28.1. The molecule has 1 heterocycles. The fourth-order valence-electron chi connectivity index (χ4n) is 1.32. The van der Waals surface area contributed by atoms with Gasteiger partial charge in [0.05, 0.1) is 17.3 Å². The van der Waals surface area contributed by atoms with Gasteiger partial charge < -0.3 is 9.84 Å². The zero-order valence-corrected chi connectivity index (χ0v) is 10.4. The number of benzene rings is 1. The molecular weight excluding hydrogens is 290 g/mol. The number of nitrogens with zero attached hydrogens (tertiary/aromatic N) is 3. The van der Waals surface area contributed by atoms with Crippen LogP contribution in [0.1, 0.15) is 10.5 Å². The lowest BCUT2D eigenvalue weighted by atomic mass is 10.3. The van der Waals surface area contributed by atoms with E-state index in [1.165, 1.54) is 24.4 Å². The predicted molar refractivity (Wildman–Crippen MR) is 67.2 cm³/mol. The first-order valence-electron chi connectivity index (χ1n) is 5.14. The number of aromatic carboxylic acids is 1. The maximum absolute atomic E-state index is 10.7. The quantitative estimate of drug-likeness (QED) is 0.680. The van der Waals surface area contributed by atoms with Crippen LogP contribution >= 0.6 is 11.6 Å². The Kier molecular flexibility index (Phi) is 3.76. The molecule has 0 fully saturated rings. The summed E-state index contributed by atoms with van der Waals surface area (Å²) in [6.07, 6.45) is 2.28. The van der Waals surface area contributed by atoms with Crippen LogP contribution in [0.15, 0.2) is 30.6 Å². The molecule has 1 N–H and O–H groups in total. The van der Waals surface area contributed by atoms with Gasteiger partial charge in [-0.1, -0.05) is 11.6 Å². The molecule has 0 atom stereocenters. The Balaban J connectivity index is 2.26. The molecule has 0 amide bonds. The minimum Gasteiger partial charge on any atom is -0.476 e. The van der Waals surface area contributed by atoms with E-state index in [4.69, 9.17) is 21.4 Å². The van der Waals surface area contributed by atoms with E-state index in [9.17, 15) is 14.9 Å². The van der Waals surface area contributed by atoms with Crippen LogP contribution in [0.5, 0.6) is 11.6 Å². The summed E-state index contributed by atoms with van der Waals surface area (Å²) in [5.41, 5.74) is -0.542. The summed E-state index contributed by atoms with van der Waals surface area (Å²) in [6.45, 7) is 0. The number of aromatic nitrogens is 2. The van der Waals surface area contributed by atoms with Gasteiger partial charge in [0, 0.05) is 12.1 Å². The van der Waals surface area contributed by atoms with Crippen LogP contribution in [-0.2, 0) is 0 Å². The van der Waals surface area contributed by atoms with E-state index in [0.717, 1.165) is 6.20 Å². The van der Waals surface area contributed by atoms with Gasteiger partial charge in [0.25, 0.3) is 5.69 Å². The van der Waals surface area contributed by atoms with Crippen molar-refractivity contribution < 1.29 is 19.6 Å². The van der Waals surface area contributed by atoms with Crippen molar-refractivity contribution in [1.29, 1.82) is 0 Å². The number of carboxylic acid groups (broad SMARTS) is 1. The van der Waals surface area contributed by atoms with Gasteiger partial charge in [-0.05, 0) is 6.07 Å². The first-order valence-corrected chi connectivity index (χ1v) is 5.52. The molecule has 102 valence electrons. The van der Waals surface area contributed by atoms with Crippen LogP contribution in [0.3, 0.4) is 0 Å². The highest BCUT2D eigenvalue weighted by molar-refractivity contribution is 6.32. The van der Waals surface area contributed by atoms with Crippen LogP contribution in [0.2, 0.25) is 5.02 Å². The molecule has 8 nitrogen and oxygen atoms in total. The number of nitro groups is 1. The monoisotopic (exact) mass is 295 g/mol. The smallest absolute Gasteiger partial charge is 0.356 e. The first-order chi connectivity index (χ1) is 9.47. The van der Waals surface area contributed by atoms with Crippen molar-refractivity contribution in [2.45, 2.75) is 0 Å². The minimum atomic E-state index is -1.25. The zero-order chi connectivity index (χ0) is 14.7. The van der Waals surface area contributed by atoms with Crippen molar-refractivity contribution in [3.8, 4) is 11.6 Å². The highest BCUT2D eigenvalue weighted by Gasteiger charge is 2.14. The minimum absolute atomic E-state index is 0.0604. The number of ether oxygens (including phenoxy) is 1. The second-order valence-electron chi connectivity index (χ2n) is 3.52. The van der Waals surface area contributed by atoms with Crippen molar-refractivity contribution in [3.05, 3.63) is 51.4 Å². The van der Waals surface area contributed by atoms with E-state index in [0.29, 0.717) is 0 Å². The van der Waals surface area contributed by atoms with E-state index in [2.05, 4.69) is 9.97 Å². The molecule has 0 spiro atoms. The van der Waals surface area contributed by atoms with E-state index in [-0.39, 0.29) is 28.0 Å². The zero-order valence-electron chi connectivity index (χ0n) is 9.69. The maximum atomic E-state index is 10.7. The molecule has 0 unspecified atom stereocenters. The molecule has 1 aromatic heterocycles. The molecule has 2 rings (SSSR count). The van der Waals surface area contributed by atoms with Crippen molar-refractivity contribution in [1.82, 2.24) is 9.97 Å². The van der Waals surface area contributed by atoms with Crippen LogP contribution in [-0.4, -0.2) is 26.0 Å². The van der Waals surface area contributed by atoms with Crippen molar-refractivity contribution in [2.24, 2.45) is 0 Å². The van der Waals surface area contributed by atoms with Crippen molar-refractivity contribution in [3.63, 3.8) is 0 Å². The highest BCUT2D eigenvalue weighted by Crippen LogP contribution is 2.30. The molecule has 9 heteroatoms. The standard InChI is InChI=1S/C11H6ClN3O5/c12-7-3-6(1-2-9(7)15(18)19)20-10-5-13-4-8(14-10)11(16)17/h1-5H,(H,16,17). The lowest BCUT2D eigenvalue weighted by Gasteiger charge is -2.05. The molecule has 0 saturated heterocycles. The van der Waals surface area contributed by atoms with Gasteiger partial charge >= 0.3 is 5.97 Å². The molecule has 0 radical (unpaired) electrons. The molecule has 0 bridgehead atoms. The molecule has 20 heavy (non-hydrogen) atoms. The Hall–Kier alpha value is -2.74. The summed E-state index contributed by atoms with van der Waals surface area (Å²) in [7, 11) is 0. The van der Waals surface area contributed by atoms with E-state index in [1.807, 2.05) is 0 Å². The van der Waals surface area contributed by atoms with E-state index >= 15 is 0 Å². The highest BCUT2D eigenvalue weighted by atomic mass is 35.5. The van der Waals surface area contributed by atoms with Gasteiger partial charge in [0.2, 0.25) is 5.88 Å². The molecule has 0 aliphatic rings. The van der Waals surface area contributed by atoms with Gasteiger partial charge in [0.1, 0.15) is 10.8 Å². The average Bonchev–Trinajstić information content (AvgIpc) is 2.38. The Bertz CT molecular complexity index is 692. The molecule has 2 aromatic rings. The van der Waals surface area contributed by atoms with Gasteiger partial charge in [-0.2, -0.15) is 0 Å². The number of carbonyl (C=O) groups is 1. The normalized spacial score (nSPS) is 10.1. The Labute approximate surface area is 116 Å². The van der Waals surface area contributed by atoms with Gasteiger partial charge in [0.15, 0.2) is 5.69 Å². The van der Waals surface area contributed by atoms with Gasteiger partial charge in [-0.3, -0.25) is 15.1 Å². The van der Waals surface area contributed by atoms with Crippen LogP contribution in [0.4, 0.5) is 5.69 Å². The Morgan fingerprint density at radius 1 is 1.40 bits per heavy atom. The third kappa shape index (κ3) is 2.98. The molecule has 0 aliphatic heterocycles. The SMILES string of the molecule is O=C(O)c1cncc(Oc2ccc([N+](=O)[O-])c(Cl)c2)n1. The molecule has 0 aliphatic carbocycles. The van der Waals surface area contributed by atoms with Crippen molar-refractivity contribution >= 4 is 23.3 Å². The largest absolute Gasteiger partial charge is 0.476 e. The van der Waals surface area contributed by atoms with E-state index < -0.39 is 10.9 Å². The molecule has 0 saturated carbocycles. The van der Waals surface area contributed by atoms with Crippen LogP contribution in [0.25, 0.3) is 0 Å². The third-order valence-corrected chi connectivity index (χ3v) is 2.47. The predicted octanol–water partition coefficient (Wildman–Crippen LogP) is 2.53. The van der Waals surface area contributed by atoms with E-state index in [1.54, 1.807) is 0 Å². The third-order valence-electron chi connectivity index (χ3n) is 2.17. The lowest BCUT2D eigenvalue weighted by Crippen LogP contribution is -2.02. The molecule has 1 aromatic carbocycles. The first kappa shape index (κ1) is 13.7. The fraction of sp³-hybridized carbons (Fsp3) is 0.